The molecule has 10 nitrogen and oxygen atoms in total. The lowest BCUT2D eigenvalue weighted by Gasteiger charge is -2.26. The molecule has 0 spiro atoms. The zero-order chi connectivity index (χ0) is 30.3. The molecular formula is C30H40BrFN2O8. The molecule has 0 aromatic heterocycles. The lowest BCUT2D eigenvalue weighted by atomic mass is 9.84. The topological polar surface area (TPSA) is 139 Å². The summed E-state index contributed by atoms with van der Waals surface area (Å²) in [6.07, 6.45) is 1.06. The molecule has 1 aliphatic heterocycles. The Morgan fingerprint density at radius 1 is 1.00 bits per heavy atom. The van der Waals surface area contributed by atoms with Crippen molar-refractivity contribution in [3.05, 3.63) is 46.3 Å². The number of halogens is 2. The number of ketones is 1. The Bertz CT molecular complexity index is 1300. The van der Waals surface area contributed by atoms with Gasteiger partial charge in [-0.3, -0.25) is 10.2 Å². The largest absolute Gasteiger partial charge is 0.490 e. The molecule has 0 amide bonds. The van der Waals surface area contributed by atoms with E-state index in [1.165, 1.54) is 11.0 Å². The third-order valence-electron chi connectivity index (χ3n) is 6.44. The van der Waals surface area contributed by atoms with E-state index in [1.807, 2.05) is 20.8 Å². The van der Waals surface area contributed by atoms with Crippen LogP contribution in [0.3, 0.4) is 0 Å². The van der Waals surface area contributed by atoms with Crippen molar-refractivity contribution in [2.45, 2.75) is 59.4 Å². The van der Waals surface area contributed by atoms with E-state index in [9.17, 15) is 14.7 Å². The summed E-state index contributed by atoms with van der Waals surface area (Å²) in [4.78, 5) is 26.3. The van der Waals surface area contributed by atoms with Gasteiger partial charge >= 0.3 is 5.97 Å². The van der Waals surface area contributed by atoms with Crippen LogP contribution in [0.5, 0.6) is 23.0 Å². The molecule has 2 aromatic carbocycles. The number of hydrogen-bond acceptors (Lipinski definition) is 8. The van der Waals surface area contributed by atoms with Gasteiger partial charge in [0.15, 0.2) is 41.2 Å². The molecule has 0 radical (unpaired) electrons. The summed E-state index contributed by atoms with van der Waals surface area (Å²) < 4.78 is 38.0. The van der Waals surface area contributed by atoms with E-state index in [-0.39, 0.29) is 95.6 Å². The maximum absolute atomic E-state index is 15.5. The van der Waals surface area contributed by atoms with Crippen molar-refractivity contribution in [1.29, 1.82) is 5.41 Å². The number of hydrogen-bond donors (Lipinski definition) is 3. The summed E-state index contributed by atoms with van der Waals surface area (Å²) in [6.45, 7) is 9.32. The number of nitrogens with one attached hydrogen (secondary N) is 1. The number of amidine groups is 1. The van der Waals surface area contributed by atoms with Crippen molar-refractivity contribution in [3.8, 4) is 23.0 Å². The SMILES string of the molecule is Br.CCOc1cc2c(c(F)c1OCC)C(=N)N(CC(=O)c1cc(OCCCCO)c(OCC(=O)O)c(C(C)(C)C)c1)C2. The summed E-state index contributed by atoms with van der Waals surface area (Å²) in [6, 6.07) is 4.80. The van der Waals surface area contributed by atoms with Gasteiger partial charge in [-0.05, 0) is 55.9 Å². The highest BCUT2D eigenvalue weighted by Crippen LogP contribution is 2.41. The van der Waals surface area contributed by atoms with Crippen molar-refractivity contribution in [2.24, 2.45) is 0 Å². The third kappa shape index (κ3) is 8.13. The molecule has 3 rings (SSSR count). The standard InChI is InChI=1S/C30H39FN2O8.BrH/c1-6-38-23-14-19-15-33(29(32)25(19)26(31)28(23)39-7-2)16-21(35)18-12-20(30(3,4)5)27(41-17-24(36)37)22(13-18)40-11-9-8-10-34;/h12-14,32,34H,6-11,15-17H2,1-5H3,(H,36,37);1H. The van der Waals surface area contributed by atoms with E-state index in [0.717, 1.165) is 0 Å². The van der Waals surface area contributed by atoms with E-state index >= 15 is 4.39 Å². The van der Waals surface area contributed by atoms with Crippen molar-refractivity contribution in [2.75, 3.05) is 39.6 Å². The van der Waals surface area contributed by atoms with Gasteiger partial charge < -0.3 is 34.1 Å². The van der Waals surface area contributed by atoms with Crippen LogP contribution < -0.4 is 18.9 Å². The van der Waals surface area contributed by atoms with Crippen LogP contribution in [0.15, 0.2) is 18.2 Å². The van der Waals surface area contributed by atoms with Gasteiger partial charge in [-0.25, -0.2) is 9.18 Å². The number of aliphatic hydroxyl groups is 1. The van der Waals surface area contributed by atoms with Crippen LogP contribution in [0.25, 0.3) is 0 Å². The van der Waals surface area contributed by atoms with Crippen LogP contribution in [0.1, 0.15) is 74.5 Å². The lowest BCUT2D eigenvalue weighted by molar-refractivity contribution is -0.139. The molecule has 0 atom stereocenters. The number of benzene rings is 2. The monoisotopic (exact) mass is 654 g/mol. The number of rotatable bonds is 15. The number of carboxylic acid groups (broad SMARTS) is 1. The Hall–Kier alpha value is -3.38. The molecular weight excluding hydrogens is 615 g/mol. The Balaban J connectivity index is 0.00000616. The van der Waals surface area contributed by atoms with Gasteiger partial charge in [-0.15, -0.1) is 17.0 Å². The number of aliphatic carboxylic acids is 1. The normalized spacial score (nSPS) is 12.5. The molecule has 42 heavy (non-hydrogen) atoms. The first kappa shape index (κ1) is 34.8. The maximum atomic E-state index is 15.5. The second kappa shape index (κ2) is 15.2. The van der Waals surface area contributed by atoms with Crippen molar-refractivity contribution in [1.82, 2.24) is 4.90 Å². The fourth-order valence-corrected chi connectivity index (χ4v) is 4.53. The fourth-order valence-electron chi connectivity index (χ4n) is 4.53. The van der Waals surface area contributed by atoms with Gasteiger partial charge in [0.05, 0.1) is 31.9 Å². The van der Waals surface area contributed by atoms with Crippen LogP contribution in [0.4, 0.5) is 4.39 Å². The van der Waals surface area contributed by atoms with Gasteiger partial charge in [-0.1, -0.05) is 20.8 Å². The Morgan fingerprint density at radius 2 is 1.67 bits per heavy atom. The maximum Gasteiger partial charge on any atom is 0.341 e. The molecule has 0 saturated carbocycles. The Morgan fingerprint density at radius 3 is 2.26 bits per heavy atom. The molecule has 2 aromatic rings. The van der Waals surface area contributed by atoms with Crippen molar-refractivity contribution < 1.29 is 43.1 Å². The van der Waals surface area contributed by atoms with E-state index in [4.69, 9.17) is 29.5 Å². The van der Waals surface area contributed by atoms with Crippen molar-refractivity contribution >= 4 is 34.6 Å². The molecule has 0 unspecified atom stereocenters. The Labute approximate surface area is 256 Å². The first-order valence-electron chi connectivity index (χ1n) is 13.7. The minimum absolute atomic E-state index is 0. The highest BCUT2D eigenvalue weighted by atomic mass is 79.9. The van der Waals surface area contributed by atoms with E-state index in [2.05, 4.69) is 0 Å². The van der Waals surface area contributed by atoms with Crippen LogP contribution in [-0.2, 0) is 16.8 Å². The van der Waals surface area contributed by atoms with Gasteiger partial charge in [0.25, 0.3) is 0 Å². The van der Waals surface area contributed by atoms with Crippen molar-refractivity contribution in [3.63, 3.8) is 0 Å². The summed E-state index contributed by atoms with van der Waals surface area (Å²) in [5.74, 6) is -1.68. The number of carbonyl (C=O) groups excluding carboxylic acids is 1. The van der Waals surface area contributed by atoms with Crippen LogP contribution in [-0.4, -0.2) is 72.3 Å². The molecule has 1 aliphatic rings. The molecule has 232 valence electrons. The minimum Gasteiger partial charge on any atom is -0.490 e. The smallest absolute Gasteiger partial charge is 0.341 e. The molecule has 3 N–H and O–H groups in total. The second-order valence-electron chi connectivity index (χ2n) is 10.6. The molecule has 12 heteroatoms. The average Bonchev–Trinajstić information content (AvgIpc) is 3.21. The number of ether oxygens (including phenoxy) is 4. The highest BCUT2D eigenvalue weighted by molar-refractivity contribution is 8.93. The number of nitrogens with zero attached hydrogens (tertiary/aromatic N) is 1. The number of carbonyl (C=O) groups is 2. The predicted octanol–water partition coefficient (Wildman–Crippen LogP) is 5.14. The first-order valence-corrected chi connectivity index (χ1v) is 13.7. The Kier molecular flexibility index (Phi) is 12.6. The van der Waals surface area contributed by atoms with Gasteiger partial charge in [0.2, 0.25) is 0 Å². The van der Waals surface area contributed by atoms with E-state index in [1.54, 1.807) is 26.0 Å². The minimum atomic E-state index is -1.16. The quantitative estimate of drug-likeness (QED) is 0.176. The van der Waals surface area contributed by atoms with E-state index in [0.29, 0.717) is 30.6 Å². The number of Topliss-reactive ketones (excluding diaryl/α,β-unsaturated/α-hetero) is 1. The highest BCUT2D eigenvalue weighted by Gasteiger charge is 2.34. The third-order valence-corrected chi connectivity index (χ3v) is 6.44. The average molecular weight is 656 g/mol. The summed E-state index contributed by atoms with van der Waals surface area (Å²) in [5, 5.41) is 27.0. The zero-order valence-electron chi connectivity index (χ0n) is 24.7. The summed E-state index contributed by atoms with van der Waals surface area (Å²) in [5.41, 5.74) is 0.913. The molecule has 0 aliphatic carbocycles. The summed E-state index contributed by atoms with van der Waals surface area (Å²) in [7, 11) is 0. The second-order valence-corrected chi connectivity index (χ2v) is 10.6. The lowest BCUT2D eigenvalue weighted by Crippen LogP contribution is -2.31. The molecule has 0 saturated heterocycles. The first-order chi connectivity index (χ1) is 19.4. The number of fused-ring (bicyclic) bond motifs is 1. The summed E-state index contributed by atoms with van der Waals surface area (Å²) >= 11 is 0. The molecule has 0 bridgehead atoms. The number of aliphatic hydroxyl groups excluding tert-OH is 1. The van der Waals surface area contributed by atoms with Crippen LogP contribution in [0.2, 0.25) is 0 Å². The van der Waals surface area contributed by atoms with Gasteiger partial charge in [-0.2, -0.15) is 0 Å². The number of carboxylic acids is 1. The molecule has 1 heterocycles. The molecule has 0 fully saturated rings. The van der Waals surface area contributed by atoms with Crippen LogP contribution in [0, 0.1) is 11.2 Å². The van der Waals surface area contributed by atoms with Gasteiger partial charge in [0.1, 0.15) is 5.84 Å². The van der Waals surface area contributed by atoms with Gasteiger partial charge in [0, 0.05) is 24.3 Å². The predicted molar refractivity (Wildman–Crippen MR) is 161 cm³/mol. The van der Waals surface area contributed by atoms with E-state index < -0.39 is 23.8 Å². The van der Waals surface area contributed by atoms with Crippen LogP contribution >= 0.6 is 17.0 Å². The fraction of sp³-hybridized carbons (Fsp3) is 0.500. The zero-order valence-corrected chi connectivity index (χ0v) is 26.4. The number of unbranched alkanes of at least 4 members (excludes halogenated alkanes) is 1.